The quantitative estimate of drug-likeness (QED) is 0.466. The lowest BCUT2D eigenvalue weighted by Gasteiger charge is -2.09. The van der Waals surface area contributed by atoms with Crippen molar-refractivity contribution < 1.29 is 0 Å². The molecule has 2 rings (SSSR count). The summed E-state index contributed by atoms with van der Waals surface area (Å²) in [6.45, 7) is 11.5. The second kappa shape index (κ2) is 10.9. The molecule has 27 heavy (non-hydrogen) atoms. The number of hydrogen-bond donors (Lipinski definition) is 2. The van der Waals surface area contributed by atoms with Crippen molar-refractivity contribution in [3.8, 4) is 0 Å². The molecular weight excluding hydrogens is 336 g/mol. The Morgan fingerprint density at radius 2 is 1.96 bits per heavy atom. The van der Waals surface area contributed by atoms with Crippen molar-refractivity contribution in [1.29, 1.82) is 0 Å². The van der Waals surface area contributed by atoms with Crippen LogP contribution in [0.25, 0.3) is 6.08 Å². The zero-order valence-corrected chi connectivity index (χ0v) is 17.1. The molecule has 0 saturated carbocycles. The summed E-state index contributed by atoms with van der Waals surface area (Å²) in [5.41, 5.74) is 9.68. The first kappa shape index (κ1) is 22.1. The van der Waals surface area contributed by atoms with Gasteiger partial charge in [-0.05, 0) is 46.3 Å². The molecule has 0 unspecified atom stereocenters. The van der Waals surface area contributed by atoms with Crippen molar-refractivity contribution in [2.24, 2.45) is 15.7 Å². The Kier molecular flexibility index (Phi) is 8.93. The number of allylic oxidation sites excluding steroid dienone is 5. The van der Waals surface area contributed by atoms with Gasteiger partial charge in [-0.3, -0.25) is 4.79 Å². The highest BCUT2D eigenvalue weighted by Gasteiger charge is 2.13. The maximum Gasteiger partial charge on any atom is 0.192 e. The molecule has 1 aliphatic rings. The third-order valence-electron chi connectivity index (χ3n) is 3.86. The molecule has 2 heterocycles. The minimum Gasteiger partial charge on any atom is -0.382 e. The van der Waals surface area contributed by atoms with Crippen molar-refractivity contribution in [3.63, 3.8) is 0 Å². The van der Waals surface area contributed by atoms with Gasteiger partial charge in [0.1, 0.15) is 5.84 Å². The van der Waals surface area contributed by atoms with E-state index in [4.69, 9.17) is 5.73 Å². The van der Waals surface area contributed by atoms with Crippen LogP contribution in [-0.2, 0) is 0 Å². The Bertz CT molecular complexity index is 894. The molecule has 3 N–H and O–H groups in total. The minimum atomic E-state index is -0.0563. The average Bonchev–Trinajstić information content (AvgIpc) is 2.87. The lowest BCUT2D eigenvalue weighted by Crippen LogP contribution is -2.25. The second-order valence-electron chi connectivity index (χ2n) is 5.94. The van der Waals surface area contributed by atoms with E-state index in [-0.39, 0.29) is 11.3 Å². The highest BCUT2D eigenvalue weighted by molar-refractivity contribution is 6.08. The number of nitrogens with zero attached hydrogens (tertiary/aromatic N) is 2. The number of amidine groups is 2. The highest BCUT2D eigenvalue weighted by Crippen LogP contribution is 2.10. The van der Waals surface area contributed by atoms with Crippen molar-refractivity contribution in [2.75, 3.05) is 0 Å². The molecule has 1 aromatic heterocycles. The second-order valence-corrected chi connectivity index (χ2v) is 5.94. The molecule has 0 fully saturated rings. The summed E-state index contributed by atoms with van der Waals surface area (Å²) >= 11 is 0. The van der Waals surface area contributed by atoms with Crippen LogP contribution in [0.1, 0.15) is 56.6 Å². The van der Waals surface area contributed by atoms with E-state index in [2.05, 4.69) is 15.0 Å². The van der Waals surface area contributed by atoms with Gasteiger partial charge in [-0.25, -0.2) is 9.98 Å². The normalized spacial score (nSPS) is 14.7. The third kappa shape index (κ3) is 6.06. The third-order valence-corrected chi connectivity index (χ3v) is 3.86. The molecule has 5 nitrogen and oxygen atoms in total. The predicted molar refractivity (Wildman–Crippen MR) is 117 cm³/mol. The largest absolute Gasteiger partial charge is 0.382 e. The van der Waals surface area contributed by atoms with Gasteiger partial charge in [-0.2, -0.15) is 0 Å². The van der Waals surface area contributed by atoms with Gasteiger partial charge in [0.05, 0.1) is 5.69 Å². The number of nitrogens with one attached hydrogen (secondary N) is 1. The monoisotopic (exact) mass is 366 g/mol. The van der Waals surface area contributed by atoms with Crippen LogP contribution in [0.15, 0.2) is 56.9 Å². The van der Waals surface area contributed by atoms with Gasteiger partial charge in [0, 0.05) is 23.0 Å². The SMILES string of the molecule is C/C=C\C=C/c1c(C)[nH]c(C(N)=NC2=NC=C(C)CC=C2)c(C)c1=O.CC. The summed E-state index contributed by atoms with van der Waals surface area (Å²) in [4.78, 5) is 24.5. The number of hydrogen-bond acceptors (Lipinski definition) is 3. The summed E-state index contributed by atoms with van der Waals surface area (Å²) in [6, 6.07) is 0. The molecule has 0 saturated heterocycles. The Hall–Kier alpha value is -2.95. The summed E-state index contributed by atoms with van der Waals surface area (Å²) in [5, 5.41) is 0. The number of aromatic nitrogens is 1. The zero-order chi connectivity index (χ0) is 20.4. The van der Waals surface area contributed by atoms with Crippen LogP contribution in [0.5, 0.6) is 0 Å². The first-order chi connectivity index (χ1) is 12.9. The fraction of sp³-hybridized carbons (Fsp3) is 0.318. The first-order valence-electron chi connectivity index (χ1n) is 9.21. The molecule has 0 amide bonds. The van der Waals surface area contributed by atoms with E-state index >= 15 is 0 Å². The molecule has 144 valence electrons. The molecule has 0 radical (unpaired) electrons. The van der Waals surface area contributed by atoms with Crippen molar-refractivity contribution in [2.45, 2.75) is 48.0 Å². The molecule has 1 aliphatic heterocycles. The van der Waals surface area contributed by atoms with E-state index in [1.165, 1.54) is 0 Å². The Morgan fingerprint density at radius 3 is 2.63 bits per heavy atom. The van der Waals surface area contributed by atoms with Gasteiger partial charge in [0.15, 0.2) is 11.3 Å². The maximum absolute atomic E-state index is 12.6. The number of H-pyrrole nitrogens is 1. The maximum atomic E-state index is 12.6. The smallest absolute Gasteiger partial charge is 0.192 e. The van der Waals surface area contributed by atoms with Crippen molar-refractivity contribution in [1.82, 2.24) is 4.98 Å². The Morgan fingerprint density at radius 1 is 1.26 bits per heavy atom. The van der Waals surface area contributed by atoms with E-state index in [9.17, 15) is 4.79 Å². The zero-order valence-electron chi connectivity index (χ0n) is 17.1. The van der Waals surface area contributed by atoms with Gasteiger partial charge in [-0.15, -0.1) is 0 Å². The van der Waals surface area contributed by atoms with Crippen LogP contribution < -0.4 is 11.2 Å². The number of rotatable bonds is 3. The lowest BCUT2D eigenvalue weighted by molar-refractivity contribution is 1.11. The van der Waals surface area contributed by atoms with Crippen LogP contribution in [0.2, 0.25) is 0 Å². The molecule has 5 heteroatoms. The molecule has 0 bridgehead atoms. The van der Waals surface area contributed by atoms with Gasteiger partial charge < -0.3 is 10.7 Å². The summed E-state index contributed by atoms with van der Waals surface area (Å²) in [7, 11) is 0. The van der Waals surface area contributed by atoms with Crippen LogP contribution in [0.4, 0.5) is 0 Å². The number of aromatic amines is 1. The lowest BCUT2D eigenvalue weighted by atomic mass is 10.1. The van der Waals surface area contributed by atoms with Crippen molar-refractivity contribution >= 4 is 17.7 Å². The standard InChI is InChI=1S/C20H24N4O.C2H6/c1-5-6-7-10-16-15(4)23-18(14(3)19(16)25)20(21)24-17-11-8-9-13(2)12-22-17;1-2/h5-8,10-12H,9H2,1-4H3,(H,23,25)(H2,21,22,24);1-2H3/b6-5-,10-7-;. The molecule has 0 atom stereocenters. The van der Waals surface area contributed by atoms with Crippen molar-refractivity contribution in [3.05, 3.63) is 74.9 Å². The van der Waals surface area contributed by atoms with E-state index in [1.54, 1.807) is 19.2 Å². The fourth-order valence-electron chi connectivity index (χ4n) is 2.42. The minimum absolute atomic E-state index is 0.0563. The number of pyridine rings is 1. The summed E-state index contributed by atoms with van der Waals surface area (Å²) in [5.74, 6) is 0.766. The van der Waals surface area contributed by atoms with Crippen LogP contribution >= 0.6 is 0 Å². The molecule has 0 spiro atoms. The van der Waals surface area contributed by atoms with Gasteiger partial charge in [0.25, 0.3) is 0 Å². The first-order valence-corrected chi connectivity index (χ1v) is 9.21. The highest BCUT2D eigenvalue weighted by atomic mass is 16.1. The Balaban J connectivity index is 0.00000176. The molecule has 0 aliphatic carbocycles. The Labute approximate surface area is 161 Å². The summed E-state index contributed by atoms with van der Waals surface area (Å²) < 4.78 is 0. The molecular formula is C22H30N4O. The van der Waals surface area contributed by atoms with Gasteiger partial charge in [-0.1, -0.05) is 43.7 Å². The number of nitrogens with two attached hydrogens (primary N) is 1. The number of aliphatic imine (C=N–C) groups is 2. The van der Waals surface area contributed by atoms with E-state index in [0.29, 0.717) is 22.7 Å². The van der Waals surface area contributed by atoms with Gasteiger partial charge in [0.2, 0.25) is 0 Å². The van der Waals surface area contributed by atoms with E-state index in [0.717, 1.165) is 17.7 Å². The van der Waals surface area contributed by atoms with Crippen LogP contribution in [0.3, 0.4) is 0 Å². The van der Waals surface area contributed by atoms with Gasteiger partial charge >= 0.3 is 0 Å². The van der Waals surface area contributed by atoms with E-state index in [1.807, 2.05) is 65.0 Å². The van der Waals surface area contributed by atoms with Crippen LogP contribution in [-0.4, -0.2) is 16.7 Å². The topological polar surface area (TPSA) is 83.6 Å². The fourth-order valence-corrected chi connectivity index (χ4v) is 2.42. The summed E-state index contributed by atoms with van der Waals surface area (Å²) in [6.07, 6.45) is 13.9. The molecule has 0 aromatic carbocycles. The van der Waals surface area contributed by atoms with Crippen LogP contribution in [0, 0.1) is 13.8 Å². The molecule has 1 aromatic rings. The average molecular weight is 367 g/mol. The number of aryl methyl sites for hydroxylation is 1. The predicted octanol–water partition coefficient (Wildman–Crippen LogP) is 4.57. The van der Waals surface area contributed by atoms with E-state index < -0.39 is 0 Å².